The summed E-state index contributed by atoms with van der Waals surface area (Å²) in [6.07, 6.45) is 1.10. The van der Waals surface area contributed by atoms with Gasteiger partial charge in [-0.3, -0.25) is 4.90 Å². The van der Waals surface area contributed by atoms with Crippen molar-refractivity contribution in [2.75, 3.05) is 32.8 Å². The van der Waals surface area contributed by atoms with Crippen molar-refractivity contribution in [2.45, 2.75) is 13.0 Å². The summed E-state index contributed by atoms with van der Waals surface area (Å²) < 4.78 is 7.75. The van der Waals surface area contributed by atoms with Gasteiger partial charge >= 0.3 is 0 Å². The van der Waals surface area contributed by atoms with Crippen LogP contribution in [0.3, 0.4) is 0 Å². The van der Waals surface area contributed by atoms with Crippen LogP contribution in [0.4, 0.5) is 0 Å². The number of benzene rings is 1. The number of rotatable bonds is 5. The lowest BCUT2D eigenvalue weighted by Crippen LogP contribution is -2.37. The van der Waals surface area contributed by atoms with E-state index in [9.17, 15) is 0 Å². The largest absolute Gasteiger partial charge is 0.379 e. The van der Waals surface area contributed by atoms with Crippen LogP contribution in [0.15, 0.2) is 35.7 Å². The van der Waals surface area contributed by atoms with E-state index in [1.54, 1.807) is 11.3 Å². The van der Waals surface area contributed by atoms with Crippen LogP contribution in [0.2, 0.25) is 5.02 Å². The molecule has 0 radical (unpaired) electrons. The minimum Gasteiger partial charge on any atom is -0.379 e. The highest BCUT2D eigenvalue weighted by Gasteiger charge is 2.15. The number of thiophene rings is 1. The molecule has 2 aromatic heterocycles. The van der Waals surface area contributed by atoms with Crippen LogP contribution < -0.4 is 0 Å². The smallest absolute Gasteiger partial charge is 0.151 e. The quantitative estimate of drug-likeness (QED) is 0.684. The second-order valence-corrected chi connectivity index (χ2v) is 7.39. The van der Waals surface area contributed by atoms with Crippen LogP contribution in [-0.2, 0) is 11.3 Å². The molecular formula is C18H20ClN3OS. The van der Waals surface area contributed by atoms with Crippen molar-refractivity contribution in [1.29, 1.82) is 0 Å². The number of halogens is 1. The summed E-state index contributed by atoms with van der Waals surface area (Å²) in [5.74, 6) is 1.05. The van der Waals surface area contributed by atoms with Crippen molar-refractivity contribution in [2.24, 2.45) is 0 Å². The van der Waals surface area contributed by atoms with Gasteiger partial charge < -0.3 is 9.30 Å². The van der Waals surface area contributed by atoms with Crippen molar-refractivity contribution in [3.05, 3.63) is 40.7 Å². The van der Waals surface area contributed by atoms with Gasteiger partial charge in [-0.15, -0.1) is 11.3 Å². The van der Waals surface area contributed by atoms with Gasteiger partial charge in [0.25, 0.3) is 0 Å². The summed E-state index contributed by atoms with van der Waals surface area (Å²) in [7, 11) is 0. The Balaban J connectivity index is 1.59. The van der Waals surface area contributed by atoms with Crippen LogP contribution in [0.1, 0.15) is 6.42 Å². The molecule has 0 atom stereocenters. The number of nitrogens with zero attached hydrogens (tertiary/aromatic N) is 3. The van der Waals surface area contributed by atoms with E-state index < -0.39 is 0 Å². The number of hydrogen-bond donors (Lipinski definition) is 0. The standard InChI is InChI=1S/C18H20ClN3OS/c19-14-4-5-16-15(13-14)20-18(17-3-1-12-24-17)22(16)7-2-6-21-8-10-23-11-9-21/h1,3-5,12-13H,2,6-11H2. The molecular weight excluding hydrogens is 342 g/mol. The van der Waals surface area contributed by atoms with Crippen molar-refractivity contribution >= 4 is 34.0 Å². The fourth-order valence-electron chi connectivity index (χ4n) is 3.20. The minimum atomic E-state index is 0.734. The van der Waals surface area contributed by atoms with Gasteiger partial charge in [0.1, 0.15) is 0 Å². The molecule has 0 spiro atoms. The van der Waals surface area contributed by atoms with Gasteiger partial charge in [-0.2, -0.15) is 0 Å². The zero-order chi connectivity index (χ0) is 16.4. The van der Waals surface area contributed by atoms with Crippen molar-refractivity contribution in [3.8, 4) is 10.7 Å². The molecule has 3 heterocycles. The van der Waals surface area contributed by atoms with Gasteiger partial charge in [0.15, 0.2) is 5.82 Å². The molecule has 126 valence electrons. The van der Waals surface area contributed by atoms with Gasteiger partial charge in [-0.05, 0) is 36.1 Å². The fourth-order valence-corrected chi connectivity index (χ4v) is 4.09. The molecule has 1 aromatic carbocycles. The van der Waals surface area contributed by atoms with E-state index in [1.807, 2.05) is 12.1 Å². The third kappa shape index (κ3) is 3.35. The SMILES string of the molecule is Clc1ccc2c(c1)nc(-c1cccs1)n2CCCN1CCOCC1. The van der Waals surface area contributed by atoms with Crippen LogP contribution in [0, 0.1) is 0 Å². The lowest BCUT2D eigenvalue weighted by Gasteiger charge is -2.26. The highest BCUT2D eigenvalue weighted by molar-refractivity contribution is 7.13. The first kappa shape index (κ1) is 16.1. The van der Waals surface area contributed by atoms with Gasteiger partial charge in [0.05, 0.1) is 29.1 Å². The third-order valence-electron chi connectivity index (χ3n) is 4.41. The number of aromatic nitrogens is 2. The number of ether oxygens (including phenoxy) is 1. The molecule has 0 saturated carbocycles. The zero-order valence-electron chi connectivity index (χ0n) is 13.4. The Bertz CT molecular complexity index is 809. The van der Waals surface area contributed by atoms with Crippen molar-refractivity contribution in [3.63, 3.8) is 0 Å². The number of fused-ring (bicyclic) bond motifs is 1. The van der Waals surface area contributed by atoms with E-state index in [0.29, 0.717) is 0 Å². The monoisotopic (exact) mass is 361 g/mol. The Morgan fingerprint density at radius 3 is 2.83 bits per heavy atom. The molecule has 1 fully saturated rings. The van der Waals surface area contributed by atoms with Gasteiger partial charge in [-0.1, -0.05) is 17.7 Å². The number of hydrogen-bond acceptors (Lipinski definition) is 4. The molecule has 4 nitrogen and oxygen atoms in total. The van der Waals surface area contributed by atoms with E-state index in [-0.39, 0.29) is 0 Å². The Labute approximate surface area is 150 Å². The van der Waals surface area contributed by atoms with Crippen LogP contribution in [0.5, 0.6) is 0 Å². The third-order valence-corrected chi connectivity index (χ3v) is 5.51. The molecule has 24 heavy (non-hydrogen) atoms. The van der Waals surface area contributed by atoms with Crippen molar-refractivity contribution < 1.29 is 4.74 Å². The molecule has 1 saturated heterocycles. The molecule has 0 unspecified atom stereocenters. The highest BCUT2D eigenvalue weighted by atomic mass is 35.5. The maximum absolute atomic E-state index is 6.15. The summed E-state index contributed by atoms with van der Waals surface area (Å²) in [6.45, 7) is 5.85. The maximum Gasteiger partial charge on any atom is 0.151 e. The van der Waals surface area contributed by atoms with E-state index in [1.165, 1.54) is 4.88 Å². The van der Waals surface area contributed by atoms with Gasteiger partial charge in [-0.25, -0.2) is 4.98 Å². The average molecular weight is 362 g/mol. The van der Waals surface area contributed by atoms with Crippen molar-refractivity contribution in [1.82, 2.24) is 14.5 Å². The topological polar surface area (TPSA) is 30.3 Å². The molecule has 6 heteroatoms. The Morgan fingerprint density at radius 2 is 2.04 bits per heavy atom. The van der Waals surface area contributed by atoms with Crippen LogP contribution in [-0.4, -0.2) is 47.3 Å². The molecule has 1 aliphatic heterocycles. The Morgan fingerprint density at radius 1 is 1.17 bits per heavy atom. The lowest BCUT2D eigenvalue weighted by atomic mass is 10.3. The summed E-state index contributed by atoms with van der Waals surface area (Å²) in [6, 6.07) is 10.2. The van der Waals surface area contributed by atoms with E-state index in [0.717, 1.165) is 67.7 Å². The molecule has 0 N–H and O–H groups in total. The molecule has 0 aliphatic carbocycles. The zero-order valence-corrected chi connectivity index (χ0v) is 15.0. The first-order valence-corrected chi connectivity index (χ1v) is 9.57. The summed E-state index contributed by atoms with van der Waals surface area (Å²) in [4.78, 5) is 8.52. The molecule has 1 aliphatic rings. The predicted octanol–water partition coefficient (Wildman–Crippen LogP) is 4.14. The highest BCUT2D eigenvalue weighted by Crippen LogP contribution is 2.29. The van der Waals surface area contributed by atoms with E-state index >= 15 is 0 Å². The van der Waals surface area contributed by atoms with E-state index in [2.05, 4.69) is 33.0 Å². The van der Waals surface area contributed by atoms with Crippen LogP contribution in [0.25, 0.3) is 21.7 Å². The molecule has 3 aromatic rings. The summed E-state index contributed by atoms with van der Waals surface area (Å²) >= 11 is 7.87. The predicted molar refractivity (Wildman–Crippen MR) is 99.9 cm³/mol. The second kappa shape index (κ2) is 7.23. The normalized spacial score (nSPS) is 16.0. The summed E-state index contributed by atoms with van der Waals surface area (Å²) in [5, 5.41) is 2.83. The Kier molecular flexibility index (Phi) is 4.85. The minimum absolute atomic E-state index is 0.734. The number of aryl methyl sites for hydroxylation is 1. The molecule has 0 amide bonds. The molecule has 0 bridgehead atoms. The lowest BCUT2D eigenvalue weighted by molar-refractivity contribution is 0.0370. The second-order valence-electron chi connectivity index (χ2n) is 6.00. The first-order valence-electron chi connectivity index (χ1n) is 8.31. The number of imidazole rings is 1. The van der Waals surface area contributed by atoms with Gasteiger partial charge in [0, 0.05) is 31.2 Å². The van der Waals surface area contributed by atoms with Crippen LogP contribution >= 0.6 is 22.9 Å². The maximum atomic E-state index is 6.15. The molecule has 4 rings (SSSR count). The Hall–Kier alpha value is -1.40. The number of morpholine rings is 1. The fraction of sp³-hybridized carbons (Fsp3) is 0.389. The van der Waals surface area contributed by atoms with E-state index in [4.69, 9.17) is 21.3 Å². The average Bonchev–Trinajstić information content (AvgIpc) is 3.23. The first-order chi connectivity index (χ1) is 11.8. The van der Waals surface area contributed by atoms with Gasteiger partial charge in [0.2, 0.25) is 0 Å². The summed E-state index contributed by atoms with van der Waals surface area (Å²) in [5.41, 5.74) is 2.13.